The van der Waals surface area contributed by atoms with Crippen LogP contribution in [0.3, 0.4) is 0 Å². The average molecular weight is 336 g/mol. The number of allylic oxidation sites excluding steroid dienone is 5. The summed E-state index contributed by atoms with van der Waals surface area (Å²) < 4.78 is 0. The van der Waals surface area contributed by atoms with Gasteiger partial charge >= 0.3 is 5.97 Å². The number of aliphatic hydroxyl groups excluding tert-OH is 2. The van der Waals surface area contributed by atoms with E-state index in [0.29, 0.717) is 12.0 Å². The van der Waals surface area contributed by atoms with Crippen LogP contribution in [0.25, 0.3) is 0 Å². The van der Waals surface area contributed by atoms with Crippen molar-refractivity contribution in [2.45, 2.75) is 59.3 Å². The van der Waals surface area contributed by atoms with Gasteiger partial charge in [0.1, 0.15) is 0 Å². The fraction of sp³-hybridized carbons (Fsp3) is 0.550. The summed E-state index contributed by atoms with van der Waals surface area (Å²) in [6.07, 6.45) is 12.0. The van der Waals surface area contributed by atoms with Gasteiger partial charge in [-0.15, -0.1) is 0 Å². The number of carboxylic acid groups (broad SMARTS) is 1. The van der Waals surface area contributed by atoms with Crippen LogP contribution in [0.5, 0.6) is 0 Å². The summed E-state index contributed by atoms with van der Waals surface area (Å²) in [6.45, 7) is 5.98. The molecule has 0 saturated heterocycles. The minimum Gasteiger partial charge on any atom is -0.478 e. The Morgan fingerprint density at radius 3 is 2.00 bits per heavy atom. The van der Waals surface area contributed by atoms with Gasteiger partial charge in [0.25, 0.3) is 0 Å². The van der Waals surface area contributed by atoms with Crippen molar-refractivity contribution in [2.24, 2.45) is 0 Å². The van der Waals surface area contributed by atoms with Crippen LogP contribution in [-0.2, 0) is 4.79 Å². The Hall–Kier alpha value is -1.65. The molecule has 24 heavy (non-hydrogen) atoms. The Bertz CT molecular complexity index is 492. The van der Waals surface area contributed by atoms with E-state index in [0.717, 1.165) is 37.7 Å². The molecule has 0 atom stereocenters. The first-order valence-electron chi connectivity index (χ1n) is 8.51. The van der Waals surface area contributed by atoms with Crippen molar-refractivity contribution in [1.82, 2.24) is 0 Å². The zero-order valence-electron chi connectivity index (χ0n) is 15.2. The Kier molecular flexibility index (Phi) is 12.8. The van der Waals surface area contributed by atoms with E-state index < -0.39 is 5.97 Å². The molecule has 0 aromatic rings. The van der Waals surface area contributed by atoms with E-state index in [9.17, 15) is 9.90 Å². The lowest BCUT2D eigenvalue weighted by atomic mass is 10.0. The van der Waals surface area contributed by atoms with Gasteiger partial charge in [-0.1, -0.05) is 35.5 Å². The molecule has 0 spiro atoms. The molecule has 4 heteroatoms. The number of aliphatic hydroxyl groups is 2. The quantitative estimate of drug-likeness (QED) is 0.369. The molecule has 3 N–H and O–H groups in total. The molecule has 0 heterocycles. The van der Waals surface area contributed by atoms with Gasteiger partial charge in [-0.3, -0.25) is 0 Å². The third-order valence-electron chi connectivity index (χ3n) is 3.71. The zero-order valence-corrected chi connectivity index (χ0v) is 15.2. The van der Waals surface area contributed by atoms with Gasteiger partial charge in [0.2, 0.25) is 0 Å². The third-order valence-corrected chi connectivity index (χ3v) is 3.71. The molecule has 0 bridgehead atoms. The molecule has 0 saturated carbocycles. The second kappa shape index (κ2) is 13.8. The van der Waals surface area contributed by atoms with Crippen LogP contribution in [0.15, 0.2) is 46.6 Å². The van der Waals surface area contributed by atoms with Gasteiger partial charge in [-0.05, 0) is 64.9 Å². The van der Waals surface area contributed by atoms with Crippen LogP contribution < -0.4 is 0 Å². The number of hydrogen-bond acceptors (Lipinski definition) is 3. The summed E-state index contributed by atoms with van der Waals surface area (Å²) in [7, 11) is 0. The second-order valence-electron chi connectivity index (χ2n) is 6.19. The Morgan fingerprint density at radius 2 is 1.46 bits per heavy atom. The lowest BCUT2D eigenvalue weighted by Gasteiger charge is -2.04. The number of aliphatic carboxylic acids is 1. The predicted molar refractivity (Wildman–Crippen MR) is 98.9 cm³/mol. The van der Waals surface area contributed by atoms with E-state index in [1.165, 1.54) is 11.1 Å². The lowest BCUT2D eigenvalue weighted by molar-refractivity contribution is -0.132. The molecule has 0 aliphatic rings. The summed E-state index contributed by atoms with van der Waals surface area (Å²) in [4.78, 5) is 11.2. The van der Waals surface area contributed by atoms with Crippen LogP contribution in [0, 0.1) is 0 Å². The maximum absolute atomic E-state index is 11.2. The molecule has 0 aliphatic carbocycles. The molecular formula is C20H32O4. The summed E-state index contributed by atoms with van der Waals surface area (Å²) in [5.74, 6) is -0.833. The minimum absolute atomic E-state index is 0.0240. The smallest absolute Gasteiger partial charge is 0.331 e. The Balaban J connectivity index is 4.36. The molecular weight excluding hydrogens is 304 g/mol. The maximum Gasteiger partial charge on any atom is 0.331 e. The zero-order chi connectivity index (χ0) is 18.4. The SMILES string of the molecule is CC(C)=CCCC(=CCCC(C)=CCCC(=CCO)CO)C(=O)O. The van der Waals surface area contributed by atoms with Gasteiger partial charge < -0.3 is 15.3 Å². The highest BCUT2D eigenvalue weighted by atomic mass is 16.4. The van der Waals surface area contributed by atoms with Crippen LogP contribution in [0.4, 0.5) is 0 Å². The first-order valence-corrected chi connectivity index (χ1v) is 8.51. The molecule has 136 valence electrons. The minimum atomic E-state index is -0.833. The standard InChI is InChI=1S/C20H32O4/c1-16(2)7-4-11-19(20(23)24)12-6-9-17(3)8-5-10-18(15-22)13-14-21/h7-8,12-13,21-22H,4-6,9-11,14-15H2,1-3H3,(H,23,24). The van der Waals surface area contributed by atoms with Crippen LogP contribution in [-0.4, -0.2) is 34.5 Å². The van der Waals surface area contributed by atoms with E-state index in [-0.39, 0.29) is 13.2 Å². The van der Waals surface area contributed by atoms with Crippen LogP contribution in [0.2, 0.25) is 0 Å². The highest BCUT2D eigenvalue weighted by Crippen LogP contribution is 2.14. The highest BCUT2D eigenvalue weighted by molar-refractivity contribution is 5.86. The molecule has 0 unspecified atom stereocenters. The summed E-state index contributed by atoms with van der Waals surface area (Å²) in [5, 5.41) is 27.2. The van der Waals surface area contributed by atoms with E-state index in [2.05, 4.69) is 12.2 Å². The first-order chi connectivity index (χ1) is 11.4. The van der Waals surface area contributed by atoms with Gasteiger partial charge in [-0.25, -0.2) is 4.79 Å². The molecule has 0 aliphatic heterocycles. The van der Waals surface area contributed by atoms with Gasteiger partial charge in [0.15, 0.2) is 0 Å². The first kappa shape index (κ1) is 22.4. The molecule has 0 fully saturated rings. The number of hydrogen-bond donors (Lipinski definition) is 3. The van der Waals surface area contributed by atoms with Crippen molar-refractivity contribution >= 4 is 5.97 Å². The fourth-order valence-corrected chi connectivity index (χ4v) is 2.27. The van der Waals surface area contributed by atoms with Crippen molar-refractivity contribution in [3.63, 3.8) is 0 Å². The summed E-state index contributed by atoms with van der Waals surface area (Å²) in [6, 6.07) is 0. The van der Waals surface area contributed by atoms with Crippen molar-refractivity contribution in [1.29, 1.82) is 0 Å². The van der Waals surface area contributed by atoms with Gasteiger partial charge in [0, 0.05) is 5.57 Å². The lowest BCUT2D eigenvalue weighted by Crippen LogP contribution is -2.00. The molecule has 0 radical (unpaired) electrons. The monoisotopic (exact) mass is 336 g/mol. The predicted octanol–water partition coefficient (Wildman–Crippen LogP) is 4.16. The van der Waals surface area contributed by atoms with E-state index in [1.54, 1.807) is 6.08 Å². The molecule has 0 rings (SSSR count). The van der Waals surface area contributed by atoms with Gasteiger partial charge in [-0.2, -0.15) is 0 Å². The Morgan fingerprint density at radius 1 is 0.833 bits per heavy atom. The highest BCUT2D eigenvalue weighted by Gasteiger charge is 2.05. The molecule has 4 nitrogen and oxygen atoms in total. The molecule has 0 aromatic carbocycles. The largest absolute Gasteiger partial charge is 0.478 e. The topological polar surface area (TPSA) is 77.8 Å². The Labute approximate surface area is 145 Å². The number of carbonyl (C=O) groups is 1. The van der Waals surface area contributed by atoms with Crippen molar-refractivity contribution in [2.75, 3.05) is 13.2 Å². The van der Waals surface area contributed by atoms with E-state index in [4.69, 9.17) is 10.2 Å². The van der Waals surface area contributed by atoms with Crippen LogP contribution >= 0.6 is 0 Å². The van der Waals surface area contributed by atoms with Gasteiger partial charge in [0.05, 0.1) is 13.2 Å². The van der Waals surface area contributed by atoms with Crippen molar-refractivity contribution in [3.05, 3.63) is 46.6 Å². The third kappa shape index (κ3) is 11.9. The molecule has 0 aromatic heterocycles. The summed E-state index contributed by atoms with van der Waals surface area (Å²) >= 11 is 0. The van der Waals surface area contributed by atoms with E-state index in [1.807, 2.05) is 26.8 Å². The van der Waals surface area contributed by atoms with E-state index >= 15 is 0 Å². The summed E-state index contributed by atoms with van der Waals surface area (Å²) in [5.41, 5.74) is 3.74. The van der Waals surface area contributed by atoms with Crippen molar-refractivity contribution < 1.29 is 20.1 Å². The normalized spacial score (nSPS) is 13.1. The van der Waals surface area contributed by atoms with Crippen molar-refractivity contribution in [3.8, 4) is 0 Å². The number of rotatable bonds is 12. The molecule has 0 amide bonds. The fourth-order valence-electron chi connectivity index (χ4n) is 2.27. The maximum atomic E-state index is 11.2. The average Bonchev–Trinajstić information content (AvgIpc) is 2.52. The second-order valence-corrected chi connectivity index (χ2v) is 6.19. The number of carboxylic acids is 1. The van der Waals surface area contributed by atoms with Crippen LogP contribution in [0.1, 0.15) is 59.3 Å².